The number of nitrogens with zero attached hydrogens (tertiary/aromatic N) is 3. The Hall–Kier alpha value is -2.31. The van der Waals surface area contributed by atoms with Crippen molar-refractivity contribution in [2.24, 2.45) is 0 Å². The van der Waals surface area contributed by atoms with Crippen molar-refractivity contribution in [3.05, 3.63) is 30.1 Å². The number of H-pyrrole nitrogens is 1. The van der Waals surface area contributed by atoms with Crippen LogP contribution in [0.15, 0.2) is 18.7 Å². The van der Waals surface area contributed by atoms with Crippen LogP contribution in [0, 0.1) is 0 Å². The van der Waals surface area contributed by atoms with E-state index in [9.17, 15) is 4.79 Å². The van der Waals surface area contributed by atoms with E-state index >= 15 is 0 Å². The number of aromatic amines is 1. The molecule has 0 saturated heterocycles. The number of carbonyl (C=O) groups is 1. The van der Waals surface area contributed by atoms with Gasteiger partial charge in [-0.2, -0.15) is 5.10 Å². The van der Waals surface area contributed by atoms with Crippen molar-refractivity contribution >= 4 is 11.6 Å². The van der Waals surface area contributed by atoms with Crippen LogP contribution in [0.25, 0.3) is 0 Å². The fraction of sp³-hybridized carbons (Fsp3) is 0.500. The van der Waals surface area contributed by atoms with Gasteiger partial charge in [0.2, 0.25) is 0 Å². The topological polar surface area (TPSA) is 102 Å². The zero-order chi connectivity index (χ0) is 15.1. The molecule has 2 aromatic heterocycles. The van der Waals surface area contributed by atoms with E-state index in [1.807, 2.05) is 10.8 Å². The lowest BCUT2D eigenvalue weighted by molar-refractivity contribution is 0.0948. The fourth-order valence-corrected chi connectivity index (χ4v) is 2.12. The van der Waals surface area contributed by atoms with Crippen molar-refractivity contribution in [1.82, 2.24) is 25.1 Å². The molecular weight excluding hydrogens is 268 g/mol. The lowest BCUT2D eigenvalue weighted by atomic mass is 10.2. The number of imidazole rings is 1. The predicted octanol–water partition coefficient (Wildman–Crippen LogP) is 1.35. The van der Waals surface area contributed by atoms with Crippen molar-refractivity contribution in [3.8, 4) is 0 Å². The van der Waals surface area contributed by atoms with Gasteiger partial charge in [-0.3, -0.25) is 9.89 Å². The average Bonchev–Trinajstić information content (AvgIpc) is 3.10. The number of aryl methyl sites for hydroxylation is 2. The molecule has 0 aliphatic rings. The molecular formula is C14H22N6O. The first-order valence-corrected chi connectivity index (χ1v) is 7.29. The summed E-state index contributed by atoms with van der Waals surface area (Å²) in [6.45, 7) is 3.57. The molecule has 2 heterocycles. The first-order chi connectivity index (χ1) is 10.2. The zero-order valence-corrected chi connectivity index (χ0v) is 12.3. The Bertz CT molecular complexity index is 560. The van der Waals surface area contributed by atoms with Gasteiger partial charge in [0.05, 0.1) is 17.7 Å². The number of hydrogen-bond donors (Lipinski definition) is 3. The maximum Gasteiger partial charge on any atom is 0.273 e. The number of rotatable bonds is 8. The van der Waals surface area contributed by atoms with Crippen LogP contribution in [0.5, 0.6) is 0 Å². The van der Waals surface area contributed by atoms with Crippen molar-refractivity contribution in [2.45, 2.75) is 39.2 Å². The molecule has 7 nitrogen and oxygen atoms in total. The molecule has 0 aliphatic heterocycles. The molecule has 0 radical (unpaired) electrons. The Morgan fingerprint density at radius 2 is 2.33 bits per heavy atom. The Balaban J connectivity index is 1.72. The van der Waals surface area contributed by atoms with E-state index in [2.05, 4.69) is 27.4 Å². The van der Waals surface area contributed by atoms with Crippen LogP contribution in [0.2, 0.25) is 0 Å². The maximum atomic E-state index is 12.0. The molecule has 4 N–H and O–H groups in total. The molecule has 2 rings (SSSR count). The molecule has 0 fully saturated rings. The van der Waals surface area contributed by atoms with Gasteiger partial charge >= 0.3 is 0 Å². The molecule has 2 aromatic rings. The zero-order valence-electron chi connectivity index (χ0n) is 12.3. The summed E-state index contributed by atoms with van der Waals surface area (Å²) < 4.78 is 2.02. The largest absolute Gasteiger partial charge is 0.395 e. The quantitative estimate of drug-likeness (QED) is 0.639. The Morgan fingerprint density at radius 3 is 3.05 bits per heavy atom. The molecule has 0 aromatic carbocycles. The number of hydrogen-bond acceptors (Lipinski definition) is 4. The second kappa shape index (κ2) is 7.47. The SMILES string of the molecule is CCCc1[nH]nc(C(=O)NCCCCn2ccnc2)c1N. The summed E-state index contributed by atoms with van der Waals surface area (Å²) in [6, 6.07) is 0. The monoisotopic (exact) mass is 290 g/mol. The first kappa shape index (κ1) is 15.1. The average molecular weight is 290 g/mol. The molecule has 0 bridgehead atoms. The van der Waals surface area contributed by atoms with Gasteiger partial charge in [-0.15, -0.1) is 0 Å². The highest BCUT2D eigenvalue weighted by Crippen LogP contribution is 2.15. The van der Waals surface area contributed by atoms with Gasteiger partial charge < -0.3 is 15.6 Å². The van der Waals surface area contributed by atoms with E-state index in [0.29, 0.717) is 17.9 Å². The van der Waals surface area contributed by atoms with Crippen LogP contribution in [0.1, 0.15) is 42.4 Å². The molecule has 0 spiro atoms. The van der Waals surface area contributed by atoms with Crippen LogP contribution in [-0.4, -0.2) is 32.2 Å². The second-order valence-corrected chi connectivity index (χ2v) is 4.98. The predicted molar refractivity (Wildman–Crippen MR) is 80.8 cm³/mol. The Labute approximate surface area is 123 Å². The third kappa shape index (κ3) is 4.08. The van der Waals surface area contributed by atoms with Gasteiger partial charge in [-0.1, -0.05) is 13.3 Å². The van der Waals surface area contributed by atoms with Crippen LogP contribution in [0.4, 0.5) is 5.69 Å². The lowest BCUT2D eigenvalue weighted by Crippen LogP contribution is -2.25. The third-order valence-electron chi connectivity index (χ3n) is 3.29. The number of anilines is 1. The van der Waals surface area contributed by atoms with E-state index in [1.165, 1.54) is 0 Å². The van der Waals surface area contributed by atoms with E-state index in [-0.39, 0.29) is 5.91 Å². The van der Waals surface area contributed by atoms with E-state index in [4.69, 9.17) is 5.73 Å². The van der Waals surface area contributed by atoms with Crippen molar-refractivity contribution in [1.29, 1.82) is 0 Å². The fourth-order valence-electron chi connectivity index (χ4n) is 2.12. The van der Waals surface area contributed by atoms with Gasteiger partial charge in [0.25, 0.3) is 5.91 Å². The number of aromatic nitrogens is 4. The first-order valence-electron chi connectivity index (χ1n) is 7.29. The van der Waals surface area contributed by atoms with E-state index < -0.39 is 0 Å². The third-order valence-corrected chi connectivity index (χ3v) is 3.29. The number of nitrogen functional groups attached to an aromatic ring is 1. The van der Waals surface area contributed by atoms with Crippen LogP contribution in [0.3, 0.4) is 0 Å². The number of amides is 1. The maximum absolute atomic E-state index is 12.0. The van der Waals surface area contributed by atoms with Gasteiger partial charge in [-0.05, 0) is 19.3 Å². The van der Waals surface area contributed by atoms with Crippen molar-refractivity contribution in [2.75, 3.05) is 12.3 Å². The summed E-state index contributed by atoms with van der Waals surface area (Å²) in [4.78, 5) is 16.0. The molecule has 1 amide bonds. The van der Waals surface area contributed by atoms with Gasteiger partial charge in [0.15, 0.2) is 5.69 Å². The summed E-state index contributed by atoms with van der Waals surface area (Å²) in [7, 11) is 0. The Kier molecular flexibility index (Phi) is 5.36. The molecule has 0 saturated carbocycles. The second-order valence-electron chi connectivity index (χ2n) is 4.98. The van der Waals surface area contributed by atoms with Crippen molar-refractivity contribution < 1.29 is 4.79 Å². The molecule has 0 atom stereocenters. The van der Waals surface area contributed by atoms with Gasteiger partial charge in [0, 0.05) is 25.5 Å². The van der Waals surface area contributed by atoms with Crippen LogP contribution < -0.4 is 11.1 Å². The summed E-state index contributed by atoms with van der Waals surface area (Å²) in [5.41, 5.74) is 7.52. The number of nitrogens with two attached hydrogens (primary N) is 1. The molecule has 0 unspecified atom stereocenters. The molecule has 21 heavy (non-hydrogen) atoms. The number of carbonyl (C=O) groups excluding carboxylic acids is 1. The molecule has 0 aliphatic carbocycles. The van der Waals surface area contributed by atoms with Gasteiger partial charge in [-0.25, -0.2) is 4.98 Å². The smallest absolute Gasteiger partial charge is 0.273 e. The van der Waals surface area contributed by atoms with E-state index in [0.717, 1.165) is 37.9 Å². The summed E-state index contributed by atoms with van der Waals surface area (Å²) in [5, 5.41) is 9.68. The standard InChI is InChI=1S/C14H22N6O/c1-2-5-11-12(15)13(19-18-11)14(21)17-6-3-4-8-20-9-7-16-10-20/h7,9-10H,2-6,8,15H2,1H3,(H,17,21)(H,18,19). The lowest BCUT2D eigenvalue weighted by Gasteiger charge is -2.05. The minimum atomic E-state index is -0.214. The highest BCUT2D eigenvalue weighted by Gasteiger charge is 2.16. The summed E-state index contributed by atoms with van der Waals surface area (Å²) in [5.74, 6) is -0.214. The summed E-state index contributed by atoms with van der Waals surface area (Å²) in [6.07, 6.45) is 9.12. The number of unbranched alkanes of at least 4 members (excludes halogenated alkanes) is 1. The molecule has 7 heteroatoms. The van der Waals surface area contributed by atoms with Gasteiger partial charge in [0.1, 0.15) is 0 Å². The number of nitrogens with one attached hydrogen (secondary N) is 2. The van der Waals surface area contributed by atoms with Crippen molar-refractivity contribution in [3.63, 3.8) is 0 Å². The highest BCUT2D eigenvalue weighted by molar-refractivity contribution is 5.97. The minimum Gasteiger partial charge on any atom is -0.395 e. The highest BCUT2D eigenvalue weighted by atomic mass is 16.1. The molecule has 114 valence electrons. The summed E-state index contributed by atoms with van der Waals surface area (Å²) >= 11 is 0. The van der Waals surface area contributed by atoms with E-state index in [1.54, 1.807) is 12.5 Å². The normalized spacial score (nSPS) is 10.7. The van der Waals surface area contributed by atoms with Crippen LogP contribution >= 0.6 is 0 Å². The van der Waals surface area contributed by atoms with Crippen LogP contribution in [-0.2, 0) is 13.0 Å². The minimum absolute atomic E-state index is 0.214. The Morgan fingerprint density at radius 1 is 1.48 bits per heavy atom.